The number of benzene rings is 1. The Hall–Kier alpha value is -0.990. The van der Waals surface area contributed by atoms with Crippen molar-refractivity contribution in [3.63, 3.8) is 0 Å². The summed E-state index contributed by atoms with van der Waals surface area (Å²) in [6, 6.07) is 3.25. The number of aromatic nitrogens is 1. The van der Waals surface area contributed by atoms with Crippen LogP contribution in [0.4, 0.5) is 0 Å². The number of hydrogen-bond donors (Lipinski definition) is 1. The Morgan fingerprint density at radius 3 is 2.53 bits per heavy atom. The van der Waals surface area contributed by atoms with E-state index in [0.29, 0.717) is 26.5 Å². The Kier molecular flexibility index (Phi) is 2.49. The molecule has 0 atom stereocenters. The Morgan fingerprint density at radius 2 is 1.87 bits per heavy atom. The smallest absolute Gasteiger partial charge is 0.192 e. The summed E-state index contributed by atoms with van der Waals surface area (Å²) >= 11 is 11.9. The van der Waals surface area contributed by atoms with Crippen LogP contribution in [-0.2, 0) is 0 Å². The second kappa shape index (κ2) is 3.54. The number of hydrogen-bond acceptors (Lipinski definition) is 1. The van der Waals surface area contributed by atoms with Gasteiger partial charge < -0.3 is 4.98 Å². The van der Waals surface area contributed by atoms with Crippen LogP contribution in [0.25, 0.3) is 10.9 Å². The molecule has 0 unspecified atom stereocenters. The molecule has 1 heterocycles. The molecule has 1 aromatic heterocycles. The van der Waals surface area contributed by atoms with E-state index in [1.807, 2.05) is 6.92 Å². The monoisotopic (exact) mass is 241 g/mol. The van der Waals surface area contributed by atoms with Crippen molar-refractivity contribution in [2.45, 2.75) is 13.8 Å². The van der Waals surface area contributed by atoms with Crippen LogP contribution in [0.5, 0.6) is 0 Å². The minimum Gasteiger partial charge on any atom is -0.357 e. The van der Waals surface area contributed by atoms with Crippen molar-refractivity contribution in [2.75, 3.05) is 0 Å². The van der Waals surface area contributed by atoms with Gasteiger partial charge in [-0.2, -0.15) is 0 Å². The van der Waals surface area contributed by atoms with E-state index in [1.54, 1.807) is 19.1 Å². The quantitative estimate of drug-likeness (QED) is 0.753. The van der Waals surface area contributed by atoms with Gasteiger partial charge in [0.25, 0.3) is 0 Å². The summed E-state index contributed by atoms with van der Waals surface area (Å²) in [5.74, 6) is 0. The molecule has 0 radical (unpaired) electrons. The highest BCUT2D eigenvalue weighted by Crippen LogP contribution is 2.25. The van der Waals surface area contributed by atoms with E-state index in [-0.39, 0.29) is 5.43 Å². The fourth-order valence-electron chi connectivity index (χ4n) is 1.53. The topological polar surface area (TPSA) is 32.9 Å². The minimum absolute atomic E-state index is 0.0225. The van der Waals surface area contributed by atoms with Crippen molar-refractivity contribution >= 4 is 34.1 Å². The molecule has 0 spiro atoms. The van der Waals surface area contributed by atoms with E-state index in [2.05, 4.69) is 4.98 Å². The molecule has 1 aromatic carbocycles. The average molecular weight is 242 g/mol. The highest BCUT2D eigenvalue weighted by atomic mass is 35.5. The largest absolute Gasteiger partial charge is 0.357 e. The maximum Gasteiger partial charge on any atom is 0.192 e. The summed E-state index contributed by atoms with van der Waals surface area (Å²) in [4.78, 5) is 15.0. The highest BCUT2D eigenvalue weighted by Gasteiger charge is 2.08. The van der Waals surface area contributed by atoms with Gasteiger partial charge in [0.15, 0.2) is 5.43 Å². The summed E-state index contributed by atoms with van der Waals surface area (Å²) in [7, 11) is 0. The fraction of sp³-hybridized carbons (Fsp3) is 0.182. The standard InChI is InChI=1S/C11H9Cl2NO/c1-5-6(2)14-10-8(11(5)15)3-7(12)4-9(10)13/h3-4H,1-2H3,(H,14,15). The van der Waals surface area contributed by atoms with Crippen LogP contribution in [-0.4, -0.2) is 4.98 Å². The van der Waals surface area contributed by atoms with Crippen molar-refractivity contribution in [3.05, 3.63) is 43.7 Å². The van der Waals surface area contributed by atoms with Crippen LogP contribution in [0.1, 0.15) is 11.3 Å². The molecule has 0 aliphatic rings. The predicted octanol–water partition coefficient (Wildman–Crippen LogP) is 3.45. The van der Waals surface area contributed by atoms with Gasteiger partial charge in [-0.25, -0.2) is 0 Å². The Morgan fingerprint density at radius 1 is 1.20 bits per heavy atom. The second-order valence-corrected chi connectivity index (χ2v) is 4.36. The van der Waals surface area contributed by atoms with Gasteiger partial charge in [0.1, 0.15) is 0 Å². The number of nitrogens with one attached hydrogen (secondary N) is 1. The van der Waals surface area contributed by atoms with Crippen molar-refractivity contribution in [2.24, 2.45) is 0 Å². The van der Waals surface area contributed by atoms with E-state index in [1.165, 1.54) is 0 Å². The maximum atomic E-state index is 11.9. The van der Waals surface area contributed by atoms with Crippen molar-refractivity contribution in [1.29, 1.82) is 0 Å². The van der Waals surface area contributed by atoms with Crippen LogP contribution in [0.2, 0.25) is 10.0 Å². The molecule has 0 aliphatic carbocycles. The lowest BCUT2D eigenvalue weighted by molar-refractivity contribution is 1.18. The van der Waals surface area contributed by atoms with Gasteiger partial charge in [-0.1, -0.05) is 23.2 Å². The lowest BCUT2D eigenvalue weighted by Crippen LogP contribution is -2.09. The first-order valence-electron chi connectivity index (χ1n) is 4.49. The first kappa shape index (κ1) is 10.5. The Balaban J connectivity index is 3.06. The third kappa shape index (κ3) is 1.64. The summed E-state index contributed by atoms with van der Waals surface area (Å²) in [6.07, 6.45) is 0. The molecule has 4 heteroatoms. The molecular weight excluding hydrogens is 233 g/mol. The van der Waals surface area contributed by atoms with Crippen molar-refractivity contribution < 1.29 is 0 Å². The molecule has 0 aliphatic heterocycles. The van der Waals surface area contributed by atoms with Gasteiger partial charge in [0.2, 0.25) is 0 Å². The molecule has 0 saturated carbocycles. The zero-order chi connectivity index (χ0) is 11.2. The average Bonchev–Trinajstić information content (AvgIpc) is 2.17. The molecular formula is C11H9Cl2NO. The van der Waals surface area contributed by atoms with Crippen LogP contribution in [0, 0.1) is 13.8 Å². The van der Waals surface area contributed by atoms with Gasteiger partial charge in [-0.3, -0.25) is 4.79 Å². The van der Waals surface area contributed by atoms with Gasteiger partial charge in [0.05, 0.1) is 10.5 Å². The van der Waals surface area contributed by atoms with E-state index in [9.17, 15) is 4.79 Å². The van der Waals surface area contributed by atoms with E-state index in [4.69, 9.17) is 23.2 Å². The van der Waals surface area contributed by atoms with Crippen LogP contribution < -0.4 is 5.43 Å². The number of pyridine rings is 1. The molecule has 0 saturated heterocycles. The SMILES string of the molecule is Cc1[nH]c2c(Cl)cc(Cl)cc2c(=O)c1C. The van der Waals surface area contributed by atoms with E-state index >= 15 is 0 Å². The molecule has 1 N–H and O–H groups in total. The molecule has 0 amide bonds. The number of halogens is 2. The Bertz CT molecular complexity index is 602. The van der Waals surface area contributed by atoms with Crippen molar-refractivity contribution in [1.82, 2.24) is 4.98 Å². The molecule has 2 nitrogen and oxygen atoms in total. The fourth-order valence-corrected chi connectivity index (χ4v) is 2.07. The molecule has 0 fully saturated rings. The molecule has 0 bridgehead atoms. The van der Waals surface area contributed by atoms with E-state index < -0.39 is 0 Å². The molecule has 15 heavy (non-hydrogen) atoms. The van der Waals surface area contributed by atoms with Crippen LogP contribution in [0.3, 0.4) is 0 Å². The summed E-state index contributed by atoms with van der Waals surface area (Å²) in [5.41, 5.74) is 2.15. The normalized spacial score (nSPS) is 10.9. The number of H-pyrrole nitrogens is 1. The summed E-state index contributed by atoms with van der Waals surface area (Å²) in [6.45, 7) is 3.63. The third-order valence-electron chi connectivity index (χ3n) is 2.52. The lowest BCUT2D eigenvalue weighted by Gasteiger charge is -2.06. The van der Waals surface area contributed by atoms with Crippen LogP contribution in [0.15, 0.2) is 16.9 Å². The maximum absolute atomic E-state index is 11.9. The van der Waals surface area contributed by atoms with Gasteiger partial charge in [-0.15, -0.1) is 0 Å². The number of aryl methyl sites for hydroxylation is 1. The predicted molar refractivity (Wildman–Crippen MR) is 64.1 cm³/mol. The number of rotatable bonds is 0. The molecule has 2 rings (SSSR count). The van der Waals surface area contributed by atoms with Crippen LogP contribution >= 0.6 is 23.2 Å². The zero-order valence-corrected chi connectivity index (χ0v) is 9.83. The number of fused-ring (bicyclic) bond motifs is 1. The lowest BCUT2D eigenvalue weighted by atomic mass is 10.1. The van der Waals surface area contributed by atoms with E-state index in [0.717, 1.165) is 5.69 Å². The second-order valence-electron chi connectivity index (χ2n) is 3.51. The highest BCUT2D eigenvalue weighted by molar-refractivity contribution is 6.38. The molecule has 2 aromatic rings. The van der Waals surface area contributed by atoms with Gasteiger partial charge in [0, 0.05) is 21.7 Å². The summed E-state index contributed by atoms with van der Waals surface area (Å²) < 4.78 is 0. The van der Waals surface area contributed by atoms with Gasteiger partial charge in [-0.05, 0) is 26.0 Å². The Labute approximate surface area is 96.8 Å². The van der Waals surface area contributed by atoms with Crippen molar-refractivity contribution in [3.8, 4) is 0 Å². The first-order chi connectivity index (χ1) is 7.00. The number of aromatic amines is 1. The first-order valence-corrected chi connectivity index (χ1v) is 5.24. The third-order valence-corrected chi connectivity index (χ3v) is 3.03. The minimum atomic E-state index is -0.0225. The zero-order valence-electron chi connectivity index (χ0n) is 8.32. The van der Waals surface area contributed by atoms with Gasteiger partial charge >= 0.3 is 0 Å². The molecule has 78 valence electrons. The summed E-state index contributed by atoms with van der Waals surface area (Å²) in [5, 5.41) is 1.48.